The summed E-state index contributed by atoms with van der Waals surface area (Å²) in [5.41, 5.74) is 2.67. The Balaban J connectivity index is 2.16. The van der Waals surface area contributed by atoms with Gasteiger partial charge < -0.3 is 0 Å². The van der Waals surface area contributed by atoms with Crippen LogP contribution in [0.3, 0.4) is 0 Å². The number of hydrogen-bond donors (Lipinski definition) is 1. The van der Waals surface area contributed by atoms with Gasteiger partial charge in [0.15, 0.2) is 5.16 Å². The Labute approximate surface area is 97.7 Å². The number of rotatable bonds is 3. The van der Waals surface area contributed by atoms with Crippen LogP contribution < -0.4 is 5.43 Å². The van der Waals surface area contributed by atoms with Crippen LogP contribution in [-0.4, -0.2) is 15.6 Å². The van der Waals surface area contributed by atoms with Gasteiger partial charge in [-0.05, 0) is 23.9 Å². The quantitative estimate of drug-likeness (QED) is 0.883. The van der Waals surface area contributed by atoms with E-state index in [1.807, 2.05) is 30.3 Å². The second-order valence-corrected chi connectivity index (χ2v) is 4.20. The van der Waals surface area contributed by atoms with Crippen molar-refractivity contribution in [2.24, 2.45) is 0 Å². The number of aromatic nitrogens is 2. The molecule has 0 spiro atoms. The van der Waals surface area contributed by atoms with Crippen molar-refractivity contribution in [2.75, 3.05) is 5.43 Å². The van der Waals surface area contributed by atoms with E-state index in [4.69, 9.17) is 0 Å². The van der Waals surface area contributed by atoms with E-state index in [1.165, 1.54) is 18.7 Å². The van der Waals surface area contributed by atoms with E-state index in [9.17, 15) is 4.79 Å². The average Bonchev–Trinajstić information content (AvgIpc) is 2.66. The molecule has 1 heterocycles. The van der Waals surface area contributed by atoms with Crippen LogP contribution in [0.2, 0.25) is 0 Å². The van der Waals surface area contributed by atoms with Crippen LogP contribution in [0.25, 0.3) is 0 Å². The number of benzene rings is 1. The van der Waals surface area contributed by atoms with Crippen LogP contribution in [0.15, 0.2) is 52.8 Å². The normalized spacial score (nSPS) is 10.1. The lowest BCUT2D eigenvalue weighted by Crippen LogP contribution is -2.19. The Morgan fingerprint density at radius 2 is 2.12 bits per heavy atom. The van der Waals surface area contributed by atoms with Gasteiger partial charge in [-0.3, -0.25) is 10.2 Å². The van der Waals surface area contributed by atoms with Crippen LogP contribution in [0, 0.1) is 0 Å². The monoisotopic (exact) mass is 233 g/mol. The molecule has 0 fully saturated rings. The molecule has 2 aromatic rings. The Kier molecular flexibility index (Phi) is 3.26. The molecule has 0 aliphatic rings. The molecule has 1 aromatic carbocycles. The first-order valence-electron chi connectivity index (χ1n) is 4.79. The van der Waals surface area contributed by atoms with Crippen molar-refractivity contribution >= 4 is 17.7 Å². The Morgan fingerprint density at radius 3 is 2.81 bits per heavy atom. The zero-order valence-corrected chi connectivity index (χ0v) is 9.57. The van der Waals surface area contributed by atoms with Gasteiger partial charge >= 0.3 is 0 Å². The SMILES string of the molecule is CC(=O)Nn1ccnc1Sc1ccccc1. The van der Waals surface area contributed by atoms with Crippen molar-refractivity contribution in [1.82, 2.24) is 9.66 Å². The van der Waals surface area contributed by atoms with Crippen molar-refractivity contribution in [3.05, 3.63) is 42.7 Å². The molecular formula is C11H11N3OS. The molecule has 82 valence electrons. The highest BCUT2D eigenvalue weighted by Gasteiger charge is 2.05. The number of carbonyl (C=O) groups is 1. The topological polar surface area (TPSA) is 46.9 Å². The summed E-state index contributed by atoms with van der Waals surface area (Å²) in [5, 5.41) is 0.737. The second kappa shape index (κ2) is 4.85. The first kappa shape index (κ1) is 10.8. The van der Waals surface area contributed by atoms with Gasteiger partial charge in [0.1, 0.15) is 0 Å². The van der Waals surface area contributed by atoms with Gasteiger partial charge in [-0.15, -0.1) is 0 Å². The van der Waals surface area contributed by atoms with Crippen molar-refractivity contribution in [2.45, 2.75) is 17.0 Å². The van der Waals surface area contributed by atoms with E-state index in [0.29, 0.717) is 0 Å². The summed E-state index contributed by atoms with van der Waals surface area (Å²) in [6.45, 7) is 1.47. The van der Waals surface area contributed by atoms with Crippen LogP contribution in [-0.2, 0) is 4.79 Å². The van der Waals surface area contributed by atoms with E-state index in [-0.39, 0.29) is 5.91 Å². The molecule has 0 bridgehead atoms. The lowest BCUT2D eigenvalue weighted by atomic mass is 10.4. The maximum atomic E-state index is 10.9. The van der Waals surface area contributed by atoms with E-state index in [0.717, 1.165) is 10.1 Å². The molecule has 0 radical (unpaired) electrons. The van der Waals surface area contributed by atoms with E-state index in [1.54, 1.807) is 17.1 Å². The zero-order valence-electron chi connectivity index (χ0n) is 8.75. The van der Waals surface area contributed by atoms with Gasteiger partial charge in [0, 0.05) is 24.2 Å². The van der Waals surface area contributed by atoms with Gasteiger partial charge in [0.25, 0.3) is 0 Å². The lowest BCUT2D eigenvalue weighted by Gasteiger charge is -2.06. The lowest BCUT2D eigenvalue weighted by molar-refractivity contribution is -0.115. The summed E-state index contributed by atoms with van der Waals surface area (Å²) < 4.78 is 1.61. The summed E-state index contributed by atoms with van der Waals surface area (Å²) in [6, 6.07) is 9.89. The fourth-order valence-electron chi connectivity index (χ4n) is 1.21. The molecule has 4 nitrogen and oxygen atoms in total. The smallest absolute Gasteiger partial charge is 0.235 e. The van der Waals surface area contributed by atoms with E-state index in [2.05, 4.69) is 10.4 Å². The highest BCUT2D eigenvalue weighted by Crippen LogP contribution is 2.24. The van der Waals surface area contributed by atoms with Gasteiger partial charge in [0.2, 0.25) is 5.91 Å². The van der Waals surface area contributed by atoms with Gasteiger partial charge in [-0.25, -0.2) is 9.66 Å². The average molecular weight is 233 g/mol. The van der Waals surface area contributed by atoms with Crippen molar-refractivity contribution in [1.29, 1.82) is 0 Å². The fraction of sp³-hybridized carbons (Fsp3) is 0.0909. The van der Waals surface area contributed by atoms with Crippen LogP contribution in [0.4, 0.5) is 0 Å². The number of nitrogens with zero attached hydrogens (tertiary/aromatic N) is 2. The summed E-state index contributed by atoms with van der Waals surface area (Å²) in [5.74, 6) is -0.118. The fourth-order valence-corrected chi connectivity index (χ4v) is 2.04. The van der Waals surface area contributed by atoms with Crippen LogP contribution >= 0.6 is 11.8 Å². The first-order chi connectivity index (χ1) is 7.75. The molecule has 0 saturated carbocycles. The van der Waals surface area contributed by atoms with Gasteiger partial charge in [-0.1, -0.05) is 18.2 Å². The van der Waals surface area contributed by atoms with E-state index < -0.39 is 0 Å². The van der Waals surface area contributed by atoms with Crippen molar-refractivity contribution in [3.8, 4) is 0 Å². The summed E-state index contributed by atoms with van der Waals surface area (Å²) >= 11 is 1.50. The molecule has 1 amide bonds. The standard InChI is InChI=1S/C11H11N3OS/c1-9(15)13-14-8-7-12-11(14)16-10-5-3-2-4-6-10/h2-8H,1H3,(H,13,15). The Hall–Kier alpha value is -1.75. The zero-order chi connectivity index (χ0) is 11.4. The summed E-state index contributed by atoms with van der Waals surface area (Å²) in [4.78, 5) is 16.2. The van der Waals surface area contributed by atoms with Crippen molar-refractivity contribution < 1.29 is 4.79 Å². The number of imidazole rings is 1. The number of nitrogens with one attached hydrogen (secondary N) is 1. The number of hydrogen-bond acceptors (Lipinski definition) is 3. The van der Waals surface area contributed by atoms with Crippen LogP contribution in [0.1, 0.15) is 6.92 Å². The molecule has 1 N–H and O–H groups in total. The Morgan fingerprint density at radius 1 is 1.38 bits per heavy atom. The molecule has 0 aliphatic heterocycles. The minimum absolute atomic E-state index is 0.118. The second-order valence-electron chi connectivity index (χ2n) is 3.16. The van der Waals surface area contributed by atoms with Gasteiger partial charge in [-0.2, -0.15) is 0 Å². The Bertz CT molecular complexity index is 481. The van der Waals surface area contributed by atoms with Crippen molar-refractivity contribution in [3.63, 3.8) is 0 Å². The molecular weight excluding hydrogens is 222 g/mol. The number of carbonyl (C=O) groups excluding carboxylic acids is 1. The number of amides is 1. The molecule has 5 heteroatoms. The highest BCUT2D eigenvalue weighted by molar-refractivity contribution is 7.99. The summed E-state index contributed by atoms with van der Waals surface area (Å²) in [7, 11) is 0. The predicted molar refractivity (Wildman–Crippen MR) is 62.8 cm³/mol. The third kappa shape index (κ3) is 2.64. The highest BCUT2D eigenvalue weighted by atomic mass is 32.2. The van der Waals surface area contributed by atoms with Crippen LogP contribution in [0.5, 0.6) is 0 Å². The maximum absolute atomic E-state index is 10.9. The van der Waals surface area contributed by atoms with Gasteiger partial charge in [0.05, 0.1) is 0 Å². The first-order valence-corrected chi connectivity index (χ1v) is 5.61. The molecule has 0 atom stereocenters. The molecule has 0 unspecified atom stereocenters. The maximum Gasteiger partial charge on any atom is 0.235 e. The minimum Gasteiger partial charge on any atom is -0.274 e. The molecule has 16 heavy (non-hydrogen) atoms. The third-order valence-electron chi connectivity index (χ3n) is 1.84. The molecule has 2 rings (SSSR count). The largest absolute Gasteiger partial charge is 0.274 e. The third-order valence-corrected chi connectivity index (χ3v) is 2.83. The summed E-state index contributed by atoms with van der Waals surface area (Å²) in [6.07, 6.45) is 3.37. The molecule has 1 aromatic heterocycles. The minimum atomic E-state index is -0.118. The molecule has 0 saturated heterocycles. The predicted octanol–water partition coefficient (Wildman–Crippen LogP) is 2.12. The van der Waals surface area contributed by atoms with E-state index >= 15 is 0 Å². The molecule has 0 aliphatic carbocycles.